The average molecular weight is 295 g/mol. The molecule has 5 fully saturated rings. The van der Waals surface area contributed by atoms with Crippen molar-refractivity contribution < 1.29 is 4.39 Å². The molecule has 2 spiro atoms. The number of hydrogen-bond acceptors (Lipinski definition) is 0. The Labute approximate surface area is 109 Å². The summed E-state index contributed by atoms with van der Waals surface area (Å²) < 4.78 is 13.6. The number of rotatable bonds is 0. The van der Waals surface area contributed by atoms with Crippen LogP contribution in [0, 0.1) is 46.3 Å². The van der Waals surface area contributed by atoms with Gasteiger partial charge in [-0.1, -0.05) is 12.2 Å². The number of hydrogen-bond donors (Lipinski definition) is 0. The van der Waals surface area contributed by atoms with Gasteiger partial charge in [0.15, 0.2) is 4.58 Å². The minimum atomic E-state index is -0.973. The van der Waals surface area contributed by atoms with E-state index in [1.54, 1.807) is 0 Å². The molecule has 0 amide bonds. The van der Waals surface area contributed by atoms with E-state index in [2.05, 4.69) is 28.1 Å². The van der Waals surface area contributed by atoms with Crippen LogP contribution in [-0.2, 0) is 0 Å². The molecule has 2 bridgehead atoms. The molecule has 0 aliphatic heterocycles. The van der Waals surface area contributed by atoms with E-state index >= 15 is 0 Å². The van der Waals surface area contributed by atoms with E-state index in [1.807, 2.05) is 0 Å². The molecule has 0 aromatic carbocycles. The summed E-state index contributed by atoms with van der Waals surface area (Å²) in [5, 5.41) is 0. The van der Waals surface area contributed by atoms with Gasteiger partial charge < -0.3 is 0 Å². The lowest BCUT2D eigenvalue weighted by atomic mass is 9.74. The summed E-state index contributed by atoms with van der Waals surface area (Å²) in [4.78, 5) is 0. The third-order valence-corrected chi connectivity index (χ3v) is 8.55. The van der Waals surface area contributed by atoms with Gasteiger partial charge in [0.05, 0.1) is 0 Å². The van der Waals surface area contributed by atoms with Crippen molar-refractivity contribution in [2.24, 2.45) is 46.3 Å². The molecule has 6 rings (SSSR count). The fraction of sp³-hybridized carbons (Fsp3) is 0.867. The molecule has 0 nitrogen and oxygen atoms in total. The molecule has 0 aromatic rings. The van der Waals surface area contributed by atoms with Crippen molar-refractivity contribution in [2.45, 2.75) is 30.3 Å². The number of allylic oxidation sites excluding steroid dienone is 2. The molecular formula is C15H16BrF. The van der Waals surface area contributed by atoms with E-state index < -0.39 is 4.58 Å². The summed E-state index contributed by atoms with van der Waals surface area (Å²) in [5.74, 6) is 3.91. The van der Waals surface area contributed by atoms with Crippen LogP contribution in [0.2, 0.25) is 0 Å². The normalized spacial score (nSPS) is 68.6. The van der Waals surface area contributed by atoms with Gasteiger partial charge in [0, 0.05) is 11.8 Å². The van der Waals surface area contributed by atoms with Gasteiger partial charge in [-0.15, -0.1) is 0 Å². The Morgan fingerprint density at radius 3 is 2.24 bits per heavy atom. The summed E-state index contributed by atoms with van der Waals surface area (Å²) in [6.07, 6.45) is 10.5. The maximum Gasteiger partial charge on any atom is 0.172 e. The van der Waals surface area contributed by atoms with Crippen molar-refractivity contribution in [3.8, 4) is 0 Å². The quantitative estimate of drug-likeness (QED) is 0.469. The molecule has 6 aliphatic carbocycles. The predicted molar refractivity (Wildman–Crippen MR) is 66.2 cm³/mol. The number of fused-ring (bicyclic) bond motifs is 7. The van der Waals surface area contributed by atoms with Gasteiger partial charge >= 0.3 is 0 Å². The van der Waals surface area contributed by atoms with Crippen molar-refractivity contribution in [1.29, 1.82) is 0 Å². The summed E-state index contributed by atoms with van der Waals surface area (Å²) in [6.45, 7) is 0. The minimum absolute atomic E-state index is 0.368. The smallest absolute Gasteiger partial charge is 0.172 e. The molecule has 2 heteroatoms. The van der Waals surface area contributed by atoms with Crippen LogP contribution in [0.15, 0.2) is 12.2 Å². The first-order valence-corrected chi connectivity index (χ1v) is 7.98. The van der Waals surface area contributed by atoms with Crippen LogP contribution in [0.25, 0.3) is 0 Å². The van der Waals surface area contributed by atoms with Gasteiger partial charge in [-0.2, -0.15) is 0 Å². The third-order valence-electron chi connectivity index (χ3n) is 7.53. The minimum Gasteiger partial charge on any atom is -0.231 e. The average Bonchev–Trinajstić information content (AvgIpc) is 3.13. The SMILES string of the molecule is F[C@]1(Br)[C@@H]2[C@@H]3[C@H]([C@@H]4C=C[C@H]3C43CC3)C3(CC3)[C@@H]21. The highest BCUT2D eigenvalue weighted by molar-refractivity contribution is 9.10. The van der Waals surface area contributed by atoms with Crippen LogP contribution in [0.5, 0.6) is 0 Å². The van der Waals surface area contributed by atoms with Gasteiger partial charge in [-0.05, 0) is 76.1 Å². The van der Waals surface area contributed by atoms with Crippen LogP contribution >= 0.6 is 15.9 Å². The third kappa shape index (κ3) is 0.676. The maximum atomic E-state index is 14.6. The predicted octanol–water partition coefficient (Wildman–Crippen LogP) is 3.92. The molecule has 0 saturated heterocycles. The first kappa shape index (κ1) is 9.12. The second-order valence-electron chi connectivity index (χ2n) is 7.68. The summed E-state index contributed by atoms with van der Waals surface area (Å²) in [5.41, 5.74) is 1.08. The summed E-state index contributed by atoms with van der Waals surface area (Å²) in [7, 11) is 0. The Morgan fingerprint density at radius 1 is 0.941 bits per heavy atom. The highest BCUT2D eigenvalue weighted by atomic mass is 79.9. The zero-order chi connectivity index (χ0) is 11.2. The summed E-state index contributed by atoms with van der Waals surface area (Å²) >= 11 is 3.42. The first-order chi connectivity index (χ1) is 8.13. The second-order valence-corrected chi connectivity index (χ2v) is 8.90. The molecule has 90 valence electrons. The highest BCUT2D eigenvalue weighted by Gasteiger charge is 2.90. The van der Waals surface area contributed by atoms with E-state index in [0.717, 1.165) is 17.8 Å². The molecule has 0 aromatic heterocycles. The molecule has 0 N–H and O–H groups in total. The van der Waals surface area contributed by atoms with E-state index in [1.165, 1.54) is 25.7 Å². The number of halogens is 2. The Kier molecular flexibility index (Phi) is 1.12. The van der Waals surface area contributed by atoms with Crippen molar-refractivity contribution in [1.82, 2.24) is 0 Å². The lowest BCUT2D eigenvalue weighted by Crippen LogP contribution is -2.29. The van der Waals surface area contributed by atoms with Crippen molar-refractivity contribution >= 4 is 15.9 Å². The zero-order valence-corrected chi connectivity index (χ0v) is 11.3. The topological polar surface area (TPSA) is 0 Å². The fourth-order valence-electron chi connectivity index (χ4n) is 6.86. The van der Waals surface area contributed by atoms with Gasteiger partial charge in [-0.3, -0.25) is 0 Å². The Hall–Kier alpha value is 0.150. The van der Waals surface area contributed by atoms with Crippen molar-refractivity contribution in [3.05, 3.63) is 12.2 Å². The lowest BCUT2D eigenvalue weighted by molar-refractivity contribution is 0.165. The molecule has 6 aliphatic rings. The van der Waals surface area contributed by atoms with E-state index in [9.17, 15) is 4.39 Å². The van der Waals surface area contributed by atoms with E-state index in [0.29, 0.717) is 28.6 Å². The van der Waals surface area contributed by atoms with Gasteiger partial charge in [0.1, 0.15) is 0 Å². The largest absolute Gasteiger partial charge is 0.231 e. The molecule has 0 unspecified atom stereocenters. The molecule has 5 saturated carbocycles. The van der Waals surface area contributed by atoms with Crippen molar-refractivity contribution in [2.75, 3.05) is 0 Å². The molecular weight excluding hydrogens is 279 g/mol. The van der Waals surface area contributed by atoms with Gasteiger partial charge in [0.2, 0.25) is 0 Å². The van der Waals surface area contributed by atoms with Crippen LogP contribution in [0.4, 0.5) is 4.39 Å². The zero-order valence-electron chi connectivity index (χ0n) is 9.70. The van der Waals surface area contributed by atoms with Crippen LogP contribution in [-0.4, -0.2) is 4.58 Å². The standard InChI is InChI=1S/C15H16BrF/c16-15(17)11-9-7-1-2-8(13(7)3-4-13)10(9)14(5-6-14)12(11)15/h1-2,7-12H,3-6H2/t7-,8+,9+,10+,11-,12-,15-/m1/s1. The van der Waals surface area contributed by atoms with E-state index in [-0.39, 0.29) is 0 Å². The maximum absolute atomic E-state index is 14.6. The molecule has 17 heavy (non-hydrogen) atoms. The molecule has 0 heterocycles. The Balaban J connectivity index is 1.57. The monoisotopic (exact) mass is 294 g/mol. The fourth-order valence-corrected chi connectivity index (χ4v) is 8.04. The van der Waals surface area contributed by atoms with E-state index in [4.69, 9.17) is 0 Å². The molecule has 0 radical (unpaired) electrons. The second kappa shape index (κ2) is 2.09. The van der Waals surface area contributed by atoms with Crippen molar-refractivity contribution in [3.63, 3.8) is 0 Å². The van der Waals surface area contributed by atoms with Crippen LogP contribution in [0.3, 0.4) is 0 Å². The Morgan fingerprint density at radius 2 is 1.59 bits per heavy atom. The summed E-state index contributed by atoms with van der Waals surface area (Å²) in [6, 6.07) is 0. The molecule has 7 atom stereocenters. The van der Waals surface area contributed by atoms with Gasteiger partial charge in [-0.25, -0.2) is 4.39 Å². The number of alkyl halides is 2. The highest BCUT2D eigenvalue weighted by Crippen LogP contribution is 2.92. The van der Waals surface area contributed by atoms with Gasteiger partial charge in [0.25, 0.3) is 0 Å². The lowest BCUT2D eigenvalue weighted by Gasteiger charge is -2.31. The van der Waals surface area contributed by atoms with Crippen LogP contribution < -0.4 is 0 Å². The first-order valence-electron chi connectivity index (χ1n) is 7.19. The Bertz CT molecular complexity index is 485. The van der Waals surface area contributed by atoms with Crippen LogP contribution in [0.1, 0.15) is 25.7 Å².